The minimum absolute atomic E-state index is 0.196. The molecular formula is C32H30FN5O5S. The van der Waals surface area contributed by atoms with E-state index < -0.39 is 17.8 Å². The van der Waals surface area contributed by atoms with E-state index in [1.165, 1.54) is 11.3 Å². The molecule has 1 saturated heterocycles. The van der Waals surface area contributed by atoms with E-state index in [-0.39, 0.29) is 18.0 Å². The number of hydrogen-bond donors (Lipinski definition) is 0. The number of thiazole rings is 1. The van der Waals surface area contributed by atoms with Crippen LogP contribution in [0.5, 0.6) is 11.6 Å². The highest BCUT2D eigenvalue weighted by Gasteiger charge is 2.33. The highest BCUT2D eigenvalue weighted by molar-refractivity contribution is 7.07. The summed E-state index contributed by atoms with van der Waals surface area (Å²) >= 11 is 1.22. The first-order chi connectivity index (χ1) is 21.3. The molecule has 0 radical (unpaired) electrons. The Morgan fingerprint density at radius 3 is 2.68 bits per heavy atom. The molecule has 226 valence electrons. The maximum Gasteiger partial charge on any atom is 0.338 e. The Bertz CT molecular complexity index is 1930. The number of hydrogen-bond acceptors (Lipinski definition) is 10. The molecule has 4 aromatic rings. The molecule has 1 unspecified atom stereocenters. The lowest BCUT2D eigenvalue weighted by Crippen LogP contribution is -2.39. The van der Waals surface area contributed by atoms with Crippen molar-refractivity contribution >= 4 is 29.3 Å². The second-order valence-electron chi connectivity index (χ2n) is 10.3. The number of ether oxygens (including phenoxy) is 3. The predicted octanol–water partition coefficient (Wildman–Crippen LogP) is 3.66. The second-order valence-corrected chi connectivity index (χ2v) is 11.3. The second kappa shape index (κ2) is 12.5. The molecule has 2 aliphatic heterocycles. The summed E-state index contributed by atoms with van der Waals surface area (Å²) in [7, 11) is 0. The molecule has 12 heteroatoms. The zero-order valence-corrected chi connectivity index (χ0v) is 25.3. The first kappa shape index (κ1) is 29.4. The van der Waals surface area contributed by atoms with Crippen LogP contribution in [0, 0.1) is 12.7 Å². The molecule has 2 aromatic heterocycles. The van der Waals surface area contributed by atoms with Crippen LogP contribution in [-0.4, -0.2) is 53.4 Å². The molecule has 0 amide bonds. The summed E-state index contributed by atoms with van der Waals surface area (Å²) in [6, 6.07) is 14.0. The number of morpholine rings is 1. The van der Waals surface area contributed by atoms with Crippen molar-refractivity contribution in [3.8, 4) is 11.6 Å². The number of benzene rings is 2. The van der Waals surface area contributed by atoms with Gasteiger partial charge in [-0.3, -0.25) is 9.36 Å². The van der Waals surface area contributed by atoms with Crippen LogP contribution in [0.15, 0.2) is 75.8 Å². The van der Waals surface area contributed by atoms with E-state index in [0.29, 0.717) is 64.2 Å². The normalized spacial score (nSPS) is 16.9. The van der Waals surface area contributed by atoms with Crippen molar-refractivity contribution in [2.24, 2.45) is 4.99 Å². The van der Waals surface area contributed by atoms with Gasteiger partial charge < -0.3 is 19.1 Å². The van der Waals surface area contributed by atoms with Crippen molar-refractivity contribution in [3.05, 3.63) is 108 Å². The molecule has 1 atom stereocenters. The summed E-state index contributed by atoms with van der Waals surface area (Å²) in [6.07, 6.45) is 2.82. The number of fused-ring (bicyclic) bond motifs is 1. The number of aryl methyl sites for hydroxylation is 1. The van der Waals surface area contributed by atoms with Crippen LogP contribution >= 0.6 is 11.3 Å². The van der Waals surface area contributed by atoms with Crippen LogP contribution < -0.4 is 24.5 Å². The van der Waals surface area contributed by atoms with E-state index in [2.05, 4.69) is 15.0 Å². The predicted molar refractivity (Wildman–Crippen MR) is 163 cm³/mol. The van der Waals surface area contributed by atoms with Crippen LogP contribution in [0.25, 0.3) is 6.08 Å². The SMILES string of the molecule is CCOC(=O)C1=C(C)N=c2s/c(=C\c3cccc(Oc4nc(N5CCOCC5)ncc4F)c3)c(=O)n2C1c1ccc(C)cc1. The minimum atomic E-state index is -0.691. The number of esters is 1. The smallest absolute Gasteiger partial charge is 0.338 e. The van der Waals surface area contributed by atoms with Crippen molar-refractivity contribution in [3.63, 3.8) is 0 Å². The molecule has 0 aliphatic carbocycles. The van der Waals surface area contributed by atoms with Gasteiger partial charge >= 0.3 is 5.97 Å². The zero-order valence-electron chi connectivity index (χ0n) is 24.4. The Kier molecular flexibility index (Phi) is 8.36. The molecule has 10 nitrogen and oxygen atoms in total. The summed E-state index contributed by atoms with van der Waals surface area (Å²) < 4.78 is 33.2. The van der Waals surface area contributed by atoms with E-state index in [1.807, 2.05) is 42.2 Å². The summed E-state index contributed by atoms with van der Waals surface area (Å²) in [5.74, 6) is -0.688. The molecule has 0 bridgehead atoms. The van der Waals surface area contributed by atoms with E-state index in [4.69, 9.17) is 14.2 Å². The Morgan fingerprint density at radius 2 is 1.93 bits per heavy atom. The van der Waals surface area contributed by atoms with Gasteiger partial charge in [0.15, 0.2) is 4.80 Å². The van der Waals surface area contributed by atoms with Crippen LogP contribution in [0.3, 0.4) is 0 Å². The standard InChI is InChI=1S/C32H30FN5O5S/c1-4-42-30(40)26-20(3)35-32-38(27(26)22-10-8-19(2)9-11-22)29(39)25(44-32)17-21-6-5-7-23(16-21)43-28-24(33)18-34-31(36-28)37-12-14-41-15-13-37/h5-11,16-18,27H,4,12-15H2,1-3H3/b25-17-. The van der Waals surface area contributed by atoms with Gasteiger partial charge in [0, 0.05) is 13.1 Å². The first-order valence-electron chi connectivity index (χ1n) is 14.2. The van der Waals surface area contributed by atoms with Gasteiger partial charge in [-0.05, 0) is 50.1 Å². The Balaban J connectivity index is 1.36. The van der Waals surface area contributed by atoms with Gasteiger partial charge in [-0.15, -0.1) is 0 Å². The highest BCUT2D eigenvalue weighted by Crippen LogP contribution is 2.31. The van der Waals surface area contributed by atoms with Crippen molar-refractivity contribution in [2.75, 3.05) is 37.8 Å². The Labute approximate surface area is 256 Å². The zero-order chi connectivity index (χ0) is 30.8. The van der Waals surface area contributed by atoms with Crippen molar-refractivity contribution in [2.45, 2.75) is 26.8 Å². The molecule has 2 aromatic carbocycles. The quantitative estimate of drug-likeness (QED) is 0.290. The Morgan fingerprint density at radius 1 is 1.16 bits per heavy atom. The summed E-state index contributed by atoms with van der Waals surface area (Å²) in [5, 5.41) is 0. The number of allylic oxidation sites excluding steroid dienone is 1. The van der Waals surface area contributed by atoms with Crippen molar-refractivity contribution in [1.29, 1.82) is 0 Å². The van der Waals surface area contributed by atoms with Gasteiger partial charge in [-0.25, -0.2) is 14.8 Å². The summed E-state index contributed by atoms with van der Waals surface area (Å²) in [4.78, 5) is 42.4. The first-order valence-corrected chi connectivity index (χ1v) is 15.0. The number of rotatable bonds is 7. The van der Waals surface area contributed by atoms with E-state index in [0.717, 1.165) is 17.3 Å². The molecule has 44 heavy (non-hydrogen) atoms. The average Bonchev–Trinajstić information content (AvgIpc) is 3.32. The fraction of sp³-hybridized carbons (Fsp3) is 0.281. The largest absolute Gasteiger partial charge is 0.463 e. The third-order valence-electron chi connectivity index (χ3n) is 7.27. The Hall–Kier alpha value is -4.68. The lowest BCUT2D eigenvalue weighted by Gasteiger charge is -2.26. The maximum atomic E-state index is 14.6. The van der Waals surface area contributed by atoms with Gasteiger partial charge in [0.05, 0.1) is 47.9 Å². The fourth-order valence-corrected chi connectivity index (χ4v) is 6.16. The van der Waals surface area contributed by atoms with Crippen molar-refractivity contribution in [1.82, 2.24) is 14.5 Å². The monoisotopic (exact) mass is 615 g/mol. The molecule has 1 fully saturated rings. The number of anilines is 1. The molecule has 6 rings (SSSR count). The number of aromatic nitrogens is 3. The van der Waals surface area contributed by atoms with Crippen LogP contribution in [0.1, 0.15) is 36.6 Å². The average molecular weight is 616 g/mol. The van der Waals surface area contributed by atoms with E-state index in [9.17, 15) is 14.0 Å². The molecule has 4 heterocycles. The highest BCUT2D eigenvalue weighted by atomic mass is 32.1. The third kappa shape index (κ3) is 5.90. The number of carbonyl (C=O) groups excluding carboxylic acids is 1. The van der Waals surface area contributed by atoms with Crippen LogP contribution in [0.2, 0.25) is 0 Å². The lowest BCUT2D eigenvalue weighted by molar-refractivity contribution is -0.139. The number of carbonyl (C=O) groups is 1. The van der Waals surface area contributed by atoms with E-state index in [1.54, 1.807) is 42.7 Å². The van der Waals surface area contributed by atoms with Gasteiger partial charge in [-0.1, -0.05) is 53.3 Å². The van der Waals surface area contributed by atoms with Crippen molar-refractivity contribution < 1.29 is 23.4 Å². The number of nitrogens with zero attached hydrogens (tertiary/aromatic N) is 5. The number of halogens is 1. The molecule has 0 spiro atoms. The topological polar surface area (TPSA) is 108 Å². The summed E-state index contributed by atoms with van der Waals surface area (Å²) in [6.45, 7) is 7.95. The molecular weight excluding hydrogens is 585 g/mol. The summed E-state index contributed by atoms with van der Waals surface area (Å²) in [5.41, 5.74) is 3.02. The minimum Gasteiger partial charge on any atom is -0.463 e. The third-order valence-corrected chi connectivity index (χ3v) is 8.26. The lowest BCUT2D eigenvalue weighted by atomic mass is 9.95. The maximum absolute atomic E-state index is 14.6. The molecule has 0 saturated carbocycles. The molecule has 0 N–H and O–H groups in total. The van der Waals surface area contributed by atoms with Gasteiger partial charge in [0.2, 0.25) is 11.8 Å². The van der Waals surface area contributed by atoms with Crippen LogP contribution in [-0.2, 0) is 14.3 Å². The van der Waals surface area contributed by atoms with Gasteiger partial charge in [0.25, 0.3) is 11.4 Å². The van der Waals surface area contributed by atoms with Gasteiger partial charge in [-0.2, -0.15) is 9.37 Å². The van der Waals surface area contributed by atoms with E-state index >= 15 is 0 Å². The fourth-order valence-electron chi connectivity index (χ4n) is 5.12. The van der Waals surface area contributed by atoms with Gasteiger partial charge in [0.1, 0.15) is 5.75 Å². The van der Waals surface area contributed by atoms with Crippen LogP contribution in [0.4, 0.5) is 10.3 Å². The molecule has 2 aliphatic rings.